The zero-order chi connectivity index (χ0) is 13.6. The van der Waals surface area contributed by atoms with Crippen molar-refractivity contribution in [2.24, 2.45) is 5.92 Å². The minimum absolute atomic E-state index is 0.189. The lowest BCUT2D eigenvalue weighted by Gasteiger charge is -2.40. The topological polar surface area (TPSA) is 87.7 Å². The van der Waals surface area contributed by atoms with E-state index in [0.717, 1.165) is 19.3 Å². The minimum Gasteiger partial charge on any atom is -0.481 e. The van der Waals surface area contributed by atoms with Gasteiger partial charge in [-0.3, -0.25) is 4.79 Å². The Morgan fingerprint density at radius 2 is 2.06 bits per heavy atom. The lowest BCUT2D eigenvalue weighted by molar-refractivity contribution is -0.141. The van der Waals surface area contributed by atoms with Crippen LogP contribution in [0.5, 0.6) is 0 Å². The van der Waals surface area contributed by atoms with Gasteiger partial charge in [-0.25, -0.2) is 4.79 Å². The normalized spacial score (nSPS) is 18.6. The maximum Gasteiger partial charge on any atom is 0.314 e. The first-order valence-corrected chi connectivity index (χ1v) is 6.29. The van der Waals surface area contributed by atoms with Crippen molar-refractivity contribution >= 4 is 12.0 Å². The molecule has 2 amide bonds. The Balaban J connectivity index is 2.12. The molecule has 1 aliphatic rings. The van der Waals surface area contributed by atoms with E-state index in [1.807, 2.05) is 0 Å². The van der Waals surface area contributed by atoms with Crippen molar-refractivity contribution in [3.63, 3.8) is 0 Å². The number of carboxylic acids is 1. The van der Waals surface area contributed by atoms with Gasteiger partial charge in [0.05, 0.1) is 11.5 Å². The smallest absolute Gasteiger partial charge is 0.314 e. The highest BCUT2D eigenvalue weighted by Gasteiger charge is 2.37. The predicted octanol–water partition coefficient (Wildman–Crippen LogP) is 0.965. The molecule has 18 heavy (non-hydrogen) atoms. The Morgan fingerprint density at radius 3 is 2.50 bits per heavy atom. The van der Waals surface area contributed by atoms with E-state index >= 15 is 0 Å². The summed E-state index contributed by atoms with van der Waals surface area (Å²) in [6.45, 7) is 2.49. The third-order valence-electron chi connectivity index (χ3n) is 3.55. The van der Waals surface area contributed by atoms with Gasteiger partial charge in [-0.05, 0) is 25.7 Å². The molecule has 0 spiro atoms. The van der Waals surface area contributed by atoms with Gasteiger partial charge in [-0.2, -0.15) is 0 Å². The van der Waals surface area contributed by atoms with Crippen LogP contribution < -0.4 is 10.6 Å². The number of methoxy groups -OCH3 is 1. The number of urea groups is 1. The Bertz CT molecular complexity index is 297. The van der Waals surface area contributed by atoms with E-state index in [4.69, 9.17) is 9.84 Å². The van der Waals surface area contributed by atoms with E-state index in [2.05, 4.69) is 10.6 Å². The standard InChI is InChI=1S/C12H22N2O4/c1-9(10(15)16)4-7-13-11(17)14-8-12(18-2)5-3-6-12/h9H,3-8H2,1-2H3,(H,15,16)(H2,13,14,17). The highest BCUT2D eigenvalue weighted by Crippen LogP contribution is 2.34. The second-order valence-corrected chi connectivity index (χ2v) is 4.88. The third-order valence-corrected chi connectivity index (χ3v) is 3.55. The summed E-state index contributed by atoms with van der Waals surface area (Å²) in [6, 6.07) is -0.268. The Labute approximate surface area is 107 Å². The fourth-order valence-corrected chi connectivity index (χ4v) is 1.85. The quantitative estimate of drug-likeness (QED) is 0.635. The Hall–Kier alpha value is -1.30. The number of aliphatic carboxylic acids is 1. The second-order valence-electron chi connectivity index (χ2n) is 4.88. The monoisotopic (exact) mass is 258 g/mol. The number of carboxylic acid groups (broad SMARTS) is 1. The maximum atomic E-state index is 11.5. The van der Waals surface area contributed by atoms with E-state index < -0.39 is 11.9 Å². The minimum atomic E-state index is -0.843. The van der Waals surface area contributed by atoms with Crippen LogP contribution in [-0.2, 0) is 9.53 Å². The zero-order valence-corrected chi connectivity index (χ0v) is 11.0. The number of carbonyl (C=O) groups is 2. The number of rotatable bonds is 7. The number of hydrogen-bond donors (Lipinski definition) is 3. The molecular weight excluding hydrogens is 236 g/mol. The zero-order valence-electron chi connectivity index (χ0n) is 11.0. The fraction of sp³-hybridized carbons (Fsp3) is 0.833. The first kappa shape index (κ1) is 14.8. The molecular formula is C12H22N2O4. The number of amides is 2. The van der Waals surface area contributed by atoms with E-state index in [1.54, 1.807) is 14.0 Å². The molecule has 0 aromatic carbocycles. The molecule has 0 radical (unpaired) electrons. The number of carbonyl (C=O) groups excluding carboxylic acids is 1. The first-order chi connectivity index (χ1) is 8.49. The highest BCUT2D eigenvalue weighted by molar-refractivity contribution is 5.74. The van der Waals surface area contributed by atoms with Crippen molar-refractivity contribution in [2.45, 2.75) is 38.2 Å². The van der Waals surface area contributed by atoms with Crippen LogP contribution in [-0.4, -0.2) is 42.9 Å². The van der Waals surface area contributed by atoms with Crippen LogP contribution in [0.4, 0.5) is 4.79 Å². The molecule has 6 heteroatoms. The van der Waals surface area contributed by atoms with Gasteiger partial charge in [0.2, 0.25) is 0 Å². The lowest BCUT2D eigenvalue weighted by Crippen LogP contribution is -2.51. The molecule has 0 aromatic heterocycles. The molecule has 104 valence electrons. The lowest BCUT2D eigenvalue weighted by atomic mass is 9.80. The summed E-state index contributed by atoms with van der Waals surface area (Å²) in [7, 11) is 1.66. The van der Waals surface area contributed by atoms with Gasteiger partial charge < -0.3 is 20.5 Å². The largest absolute Gasteiger partial charge is 0.481 e. The van der Waals surface area contributed by atoms with Crippen molar-refractivity contribution < 1.29 is 19.4 Å². The summed E-state index contributed by atoms with van der Waals surface area (Å²) >= 11 is 0. The molecule has 0 aromatic rings. The summed E-state index contributed by atoms with van der Waals surface area (Å²) in [5.41, 5.74) is -0.189. The van der Waals surface area contributed by atoms with Crippen molar-refractivity contribution in [2.75, 3.05) is 20.2 Å². The third kappa shape index (κ3) is 4.18. The van der Waals surface area contributed by atoms with Gasteiger partial charge >= 0.3 is 12.0 Å². The van der Waals surface area contributed by atoms with Gasteiger partial charge in [0, 0.05) is 20.2 Å². The number of hydrogen-bond acceptors (Lipinski definition) is 3. The summed E-state index contributed by atoms with van der Waals surface area (Å²) in [4.78, 5) is 22.0. The molecule has 1 atom stereocenters. The van der Waals surface area contributed by atoms with E-state index in [-0.39, 0.29) is 11.6 Å². The van der Waals surface area contributed by atoms with E-state index in [0.29, 0.717) is 19.5 Å². The van der Waals surface area contributed by atoms with Crippen LogP contribution in [0.1, 0.15) is 32.6 Å². The molecule has 1 rings (SSSR count). The van der Waals surface area contributed by atoms with Gasteiger partial charge in [0.1, 0.15) is 0 Å². The molecule has 1 fully saturated rings. The predicted molar refractivity (Wildman–Crippen MR) is 66.4 cm³/mol. The van der Waals surface area contributed by atoms with Crippen LogP contribution in [0, 0.1) is 5.92 Å². The summed E-state index contributed by atoms with van der Waals surface area (Å²) in [6.07, 6.45) is 3.51. The molecule has 0 bridgehead atoms. The van der Waals surface area contributed by atoms with Crippen LogP contribution in [0.2, 0.25) is 0 Å². The Kier molecular flexibility index (Phi) is 5.40. The van der Waals surface area contributed by atoms with Crippen LogP contribution in [0.25, 0.3) is 0 Å². The average molecular weight is 258 g/mol. The van der Waals surface area contributed by atoms with Crippen LogP contribution in [0.3, 0.4) is 0 Å². The van der Waals surface area contributed by atoms with Gasteiger partial charge in [0.15, 0.2) is 0 Å². The van der Waals surface area contributed by atoms with Crippen molar-refractivity contribution in [3.8, 4) is 0 Å². The molecule has 0 saturated heterocycles. The number of nitrogens with one attached hydrogen (secondary N) is 2. The van der Waals surface area contributed by atoms with Crippen LogP contribution in [0.15, 0.2) is 0 Å². The van der Waals surface area contributed by atoms with E-state index in [9.17, 15) is 9.59 Å². The van der Waals surface area contributed by atoms with Crippen molar-refractivity contribution in [1.82, 2.24) is 10.6 Å². The van der Waals surface area contributed by atoms with Crippen molar-refractivity contribution in [1.29, 1.82) is 0 Å². The van der Waals surface area contributed by atoms with Gasteiger partial charge in [0.25, 0.3) is 0 Å². The average Bonchev–Trinajstić information content (AvgIpc) is 2.28. The molecule has 1 unspecified atom stereocenters. The Morgan fingerprint density at radius 1 is 1.39 bits per heavy atom. The molecule has 0 aliphatic heterocycles. The second kappa shape index (κ2) is 6.58. The molecule has 0 heterocycles. The summed E-state index contributed by atoms with van der Waals surface area (Å²) in [5, 5.41) is 14.1. The molecule has 3 N–H and O–H groups in total. The van der Waals surface area contributed by atoms with Gasteiger partial charge in [-0.15, -0.1) is 0 Å². The SMILES string of the molecule is COC1(CNC(=O)NCCC(C)C(=O)O)CCC1. The fourth-order valence-electron chi connectivity index (χ4n) is 1.85. The first-order valence-electron chi connectivity index (χ1n) is 6.29. The van der Waals surface area contributed by atoms with Crippen molar-refractivity contribution in [3.05, 3.63) is 0 Å². The van der Waals surface area contributed by atoms with E-state index in [1.165, 1.54) is 0 Å². The molecule has 1 saturated carbocycles. The summed E-state index contributed by atoms with van der Waals surface area (Å²) in [5.74, 6) is -1.28. The van der Waals surface area contributed by atoms with Gasteiger partial charge in [-0.1, -0.05) is 6.92 Å². The molecule has 1 aliphatic carbocycles. The molecule has 6 nitrogen and oxygen atoms in total. The highest BCUT2D eigenvalue weighted by atomic mass is 16.5. The number of ether oxygens (including phenoxy) is 1. The summed E-state index contributed by atoms with van der Waals surface area (Å²) < 4.78 is 5.38. The van der Waals surface area contributed by atoms with Crippen LogP contribution >= 0.6 is 0 Å². The maximum absolute atomic E-state index is 11.5.